The first-order chi connectivity index (χ1) is 7.50. The number of hydrogen-bond donors (Lipinski definition) is 2. The van der Waals surface area contributed by atoms with Gasteiger partial charge in [-0.3, -0.25) is 4.79 Å². The van der Waals surface area contributed by atoms with Crippen molar-refractivity contribution in [2.75, 3.05) is 47.4 Å². The lowest BCUT2D eigenvalue weighted by Crippen LogP contribution is -2.58. The van der Waals surface area contributed by atoms with E-state index in [2.05, 4.69) is 36.3 Å². The van der Waals surface area contributed by atoms with Crippen LogP contribution in [0.4, 0.5) is 0 Å². The van der Waals surface area contributed by atoms with Crippen LogP contribution in [0.15, 0.2) is 0 Å². The minimum atomic E-state index is -0.427. The number of hydrogen-bond acceptors (Lipinski definition) is 4. The van der Waals surface area contributed by atoms with E-state index in [4.69, 9.17) is 5.11 Å². The van der Waals surface area contributed by atoms with Crippen LogP contribution in [0, 0.1) is 0 Å². The predicted molar refractivity (Wildman–Crippen MR) is 63.2 cm³/mol. The lowest BCUT2D eigenvalue weighted by molar-refractivity contribution is -0.124. The number of piperidine rings is 1. The van der Waals surface area contributed by atoms with E-state index in [0.29, 0.717) is 6.54 Å². The number of likely N-dealkylation sites (N-methyl/N-ethyl adjacent to an activating group) is 1. The van der Waals surface area contributed by atoms with Crippen molar-refractivity contribution in [2.45, 2.75) is 18.4 Å². The van der Waals surface area contributed by atoms with Crippen LogP contribution in [-0.2, 0) is 4.79 Å². The number of aliphatic hydroxyl groups is 1. The Bertz CT molecular complexity index is 235. The van der Waals surface area contributed by atoms with Crippen LogP contribution in [0.1, 0.15) is 12.8 Å². The molecule has 16 heavy (non-hydrogen) atoms. The molecule has 1 saturated heterocycles. The minimum absolute atomic E-state index is 0.0390. The Kier molecular flexibility index (Phi) is 4.70. The van der Waals surface area contributed by atoms with Crippen molar-refractivity contribution < 1.29 is 9.90 Å². The first-order valence-corrected chi connectivity index (χ1v) is 5.74. The number of carbonyl (C=O) groups excluding carboxylic acids is 1. The largest absolute Gasteiger partial charge is 0.387 e. The Labute approximate surface area is 97.4 Å². The zero-order valence-corrected chi connectivity index (χ0v) is 10.5. The Hall–Kier alpha value is -0.650. The SMILES string of the molecule is CN1CCC(CNC(=O)CO)(N(C)C)CC1. The van der Waals surface area contributed by atoms with E-state index in [1.807, 2.05) is 0 Å². The summed E-state index contributed by atoms with van der Waals surface area (Å²) in [4.78, 5) is 15.6. The first-order valence-electron chi connectivity index (χ1n) is 5.74. The topological polar surface area (TPSA) is 55.8 Å². The third-order valence-electron chi connectivity index (χ3n) is 3.62. The molecule has 5 heteroatoms. The molecular formula is C11H23N3O2. The van der Waals surface area contributed by atoms with Gasteiger partial charge in [0, 0.05) is 12.1 Å². The van der Waals surface area contributed by atoms with Gasteiger partial charge in [-0.05, 0) is 47.1 Å². The molecule has 0 aromatic carbocycles. The van der Waals surface area contributed by atoms with Crippen LogP contribution in [0.25, 0.3) is 0 Å². The second-order valence-electron chi connectivity index (χ2n) is 4.86. The maximum Gasteiger partial charge on any atom is 0.245 e. The van der Waals surface area contributed by atoms with E-state index in [9.17, 15) is 4.79 Å². The summed E-state index contributed by atoms with van der Waals surface area (Å²) in [5.41, 5.74) is 0.0390. The third-order valence-corrected chi connectivity index (χ3v) is 3.62. The zero-order valence-electron chi connectivity index (χ0n) is 10.5. The summed E-state index contributed by atoms with van der Waals surface area (Å²) in [6, 6.07) is 0. The van der Waals surface area contributed by atoms with Gasteiger partial charge in [-0.15, -0.1) is 0 Å². The molecule has 0 atom stereocenters. The van der Waals surface area contributed by atoms with E-state index in [1.54, 1.807) is 0 Å². The second-order valence-corrected chi connectivity index (χ2v) is 4.86. The molecule has 0 saturated carbocycles. The average Bonchev–Trinajstić information content (AvgIpc) is 2.28. The summed E-state index contributed by atoms with van der Waals surface area (Å²) >= 11 is 0. The molecule has 1 heterocycles. The Morgan fingerprint density at radius 1 is 1.44 bits per heavy atom. The van der Waals surface area contributed by atoms with Crippen molar-refractivity contribution in [3.8, 4) is 0 Å². The van der Waals surface area contributed by atoms with Gasteiger partial charge in [0.05, 0.1) is 0 Å². The molecule has 1 aliphatic heterocycles. The average molecular weight is 229 g/mol. The van der Waals surface area contributed by atoms with Gasteiger partial charge in [-0.2, -0.15) is 0 Å². The van der Waals surface area contributed by atoms with Crippen LogP contribution < -0.4 is 5.32 Å². The molecule has 1 fully saturated rings. The molecule has 5 nitrogen and oxygen atoms in total. The normalized spacial score (nSPS) is 21.1. The fraction of sp³-hybridized carbons (Fsp3) is 0.909. The Morgan fingerprint density at radius 2 is 2.00 bits per heavy atom. The first kappa shape index (κ1) is 13.4. The molecule has 0 bridgehead atoms. The van der Waals surface area contributed by atoms with Gasteiger partial charge in [0.15, 0.2) is 0 Å². The van der Waals surface area contributed by atoms with Crippen molar-refractivity contribution in [1.82, 2.24) is 15.1 Å². The maximum atomic E-state index is 11.1. The molecule has 1 rings (SSSR count). The van der Waals surface area contributed by atoms with E-state index < -0.39 is 6.61 Å². The van der Waals surface area contributed by atoms with Crippen LogP contribution in [0.5, 0.6) is 0 Å². The fourth-order valence-corrected chi connectivity index (χ4v) is 2.14. The van der Waals surface area contributed by atoms with Gasteiger partial charge in [0.25, 0.3) is 0 Å². The predicted octanol–water partition coefficient (Wildman–Crippen LogP) is -0.879. The number of rotatable bonds is 4. The van der Waals surface area contributed by atoms with E-state index in [0.717, 1.165) is 25.9 Å². The smallest absolute Gasteiger partial charge is 0.245 e. The fourth-order valence-electron chi connectivity index (χ4n) is 2.14. The monoisotopic (exact) mass is 229 g/mol. The number of nitrogens with one attached hydrogen (secondary N) is 1. The highest BCUT2D eigenvalue weighted by atomic mass is 16.3. The van der Waals surface area contributed by atoms with Gasteiger partial charge < -0.3 is 20.2 Å². The summed E-state index contributed by atoms with van der Waals surface area (Å²) in [6.45, 7) is 2.29. The molecule has 0 aromatic heterocycles. The molecular weight excluding hydrogens is 206 g/mol. The lowest BCUT2D eigenvalue weighted by Gasteiger charge is -2.45. The van der Waals surface area contributed by atoms with Gasteiger partial charge in [0.1, 0.15) is 6.61 Å². The standard InChI is InChI=1S/C11H23N3O2/c1-13(2)11(9-12-10(16)8-15)4-6-14(3)7-5-11/h15H,4-9H2,1-3H3,(H,12,16). The zero-order chi connectivity index (χ0) is 12.2. The Balaban J connectivity index is 2.56. The van der Waals surface area contributed by atoms with Gasteiger partial charge in [0.2, 0.25) is 5.91 Å². The van der Waals surface area contributed by atoms with Gasteiger partial charge >= 0.3 is 0 Å². The summed E-state index contributed by atoms with van der Waals surface area (Å²) in [5.74, 6) is -0.292. The molecule has 1 amide bonds. The number of aliphatic hydroxyl groups excluding tert-OH is 1. The summed E-state index contributed by atoms with van der Waals surface area (Å²) in [6.07, 6.45) is 2.09. The summed E-state index contributed by atoms with van der Waals surface area (Å²) < 4.78 is 0. The molecule has 0 aromatic rings. The van der Waals surface area contributed by atoms with Crippen molar-refractivity contribution in [3.05, 3.63) is 0 Å². The quantitative estimate of drug-likeness (QED) is 0.657. The number of amides is 1. The highest BCUT2D eigenvalue weighted by Gasteiger charge is 2.35. The van der Waals surface area contributed by atoms with Crippen molar-refractivity contribution in [2.24, 2.45) is 0 Å². The molecule has 0 radical (unpaired) electrons. The lowest BCUT2D eigenvalue weighted by atomic mass is 9.86. The second kappa shape index (κ2) is 5.61. The van der Waals surface area contributed by atoms with Crippen LogP contribution in [-0.4, -0.2) is 73.7 Å². The molecule has 0 unspecified atom stereocenters. The third kappa shape index (κ3) is 3.17. The molecule has 2 N–H and O–H groups in total. The molecule has 94 valence electrons. The molecule has 1 aliphatic rings. The van der Waals surface area contributed by atoms with Gasteiger partial charge in [-0.25, -0.2) is 0 Å². The van der Waals surface area contributed by atoms with E-state index in [1.165, 1.54) is 0 Å². The van der Waals surface area contributed by atoms with Crippen molar-refractivity contribution in [3.63, 3.8) is 0 Å². The van der Waals surface area contributed by atoms with E-state index in [-0.39, 0.29) is 11.4 Å². The summed E-state index contributed by atoms with van der Waals surface area (Å²) in [7, 11) is 6.22. The minimum Gasteiger partial charge on any atom is -0.387 e. The molecule has 0 spiro atoms. The number of likely N-dealkylation sites (tertiary alicyclic amines) is 1. The number of carbonyl (C=O) groups is 1. The summed E-state index contributed by atoms with van der Waals surface area (Å²) in [5, 5.41) is 11.5. The highest BCUT2D eigenvalue weighted by Crippen LogP contribution is 2.25. The van der Waals surface area contributed by atoms with E-state index >= 15 is 0 Å². The van der Waals surface area contributed by atoms with Crippen molar-refractivity contribution >= 4 is 5.91 Å². The van der Waals surface area contributed by atoms with Crippen LogP contribution >= 0.6 is 0 Å². The van der Waals surface area contributed by atoms with Crippen LogP contribution in [0.2, 0.25) is 0 Å². The van der Waals surface area contributed by atoms with Crippen LogP contribution in [0.3, 0.4) is 0 Å². The highest BCUT2D eigenvalue weighted by molar-refractivity contribution is 5.76. The van der Waals surface area contributed by atoms with Crippen molar-refractivity contribution in [1.29, 1.82) is 0 Å². The number of nitrogens with zero attached hydrogens (tertiary/aromatic N) is 2. The Morgan fingerprint density at radius 3 is 2.44 bits per heavy atom. The molecule has 0 aliphatic carbocycles. The van der Waals surface area contributed by atoms with Gasteiger partial charge in [-0.1, -0.05) is 0 Å². The maximum absolute atomic E-state index is 11.1.